The summed E-state index contributed by atoms with van der Waals surface area (Å²) in [5.41, 5.74) is 0.967. The quantitative estimate of drug-likeness (QED) is 0.747. The lowest BCUT2D eigenvalue weighted by Gasteiger charge is -1.90. The van der Waals surface area contributed by atoms with Gasteiger partial charge in [-0.1, -0.05) is 0 Å². The predicted octanol–water partition coefficient (Wildman–Crippen LogP) is 2.23. The molecular weight excluding hydrogens is 210 g/mol. The van der Waals surface area contributed by atoms with Crippen LogP contribution in [0.15, 0.2) is 18.6 Å². The van der Waals surface area contributed by atoms with Crippen molar-refractivity contribution in [3.8, 4) is 10.6 Å². The molecule has 0 unspecified atom stereocenters. The first kappa shape index (κ1) is 10.0. The van der Waals surface area contributed by atoms with Crippen LogP contribution >= 0.6 is 11.3 Å². The molecule has 0 saturated carbocycles. The lowest BCUT2D eigenvalue weighted by molar-refractivity contribution is 0.102. The van der Waals surface area contributed by atoms with Crippen molar-refractivity contribution in [1.29, 1.82) is 0 Å². The first-order chi connectivity index (χ1) is 7.20. The summed E-state index contributed by atoms with van der Waals surface area (Å²) >= 11 is 1.40. The Morgan fingerprint density at radius 3 is 2.87 bits per heavy atom. The second-order valence-electron chi connectivity index (χ2n) is 3.17. The Balaban J connectivity index is 2.32. The van der Waals surface area contributed by atoms with E-state index >= 15 is 0 Å². The predicted molar refractivity (Wildman–Crippen MR) is 59.0 cm³/mol. The Labute approximate surface area is 91.6 Å². The number of carbonyl (C=O) groups excluding carboxylic acids is 1. The van der Waals surface area contributed by atoms with Gasteiger partial charge in [0.2, 0.25) is 0 Å². The number of thiazole rings is 1. The highest BCUT2D eigenvalue weighted by atomic mass is 32.1. The van der Waals surface area contributed by atoms with Gasteiger partial charge in [0.25, 0.3) is 0 Å². The maximum absolute atomic E-state index is 11.1. The lowest BCUT2D eigenvalue weighted by Crippen LogP contribution is -1.91. The number of hydrogen-bond acceptors (Lipinski definition) is 4. The maximum Gasteiger partial charge on any atom is 0.171 e. The summed E-state index contributed by atoms with van der Waals surface area (Å²) in [6.07, 6.45) is 5.32. The van der Waals surface area contributed by atoms with Crippen LogP contribution in [0.5, 0.6) is 0 Å². The third-order valence-corrected chi connectivity index (χ3v) is 3.20. The van der Waals surface area contributed by atoms with Gasteiger partial charge in [0.15, 0.2) is 5.78 Å². The summed E-state index contributed by atoms with van der Waals surface area (Å²) < 4.78 is 1.84. The summed E-state index contributed by atoms with van der Waals surface area (Å²) in [7, 11) is 0. The molecule has 0 aliphatic rings. The number of Topliss-reactive ketones (excluding diaryl/α,β-unsaturated/α-hetero) is 1. The molecule has 0 aromatic carbocycles. The highest BCUT2D eigenvalue weighted by molar-refractivity contribution is 7.16. The number of hydrogen-bond donors (Lipinski definition) is 0. The molecule has 5 heteroatoms. The van der Waals surface area contributed by atoms with Gasteiger partial charge in [-0.3, -0.25) is 9.48 Å². The number of aromatic nitrogens is 3. The molecule has 0 aliphatic carbocycles. The van der Waals surface area contributed by atoms with Gasteiger partial charge in [-0.05, 0) is 6.92 Å². The molecule has 0 fully saturated rings. The molecule has 0 amide bonds. The van der Waals surface area contributed by atoms with Gasteiger partial charge < -0.3 is 0 Å². The van der Waals surface area contributed by atoms with Crippen molar-refractivity contribution >= 4 is 17.1 Å². The van der Waals surface area contributed by atoms with Crippen molar-refractivity contribution in [1.82, 2.24) is 14.8 Å². The van der Waals surface area contributed by atoms with Crippen molar-refractivity contribution in [3.05, 3.63) is 23.5 Å². The van der Waals surface area contributed by atoms with Gasteiger partial charge in [-0.15, -0.1) is 11.3 Å². The highest BCUT2D eigenvalue weighted by Gasteiger charge is 2.09. The molecule has 2 aromatic rings. The largest absolute Gasteiger partial charge is 0.294 e. The second-order valence-corrected chi connectivity index (χ2v) is 4.20. The summed E-state index contributed by atoms with van der Waals surface area (Å²) in [4.78, 5) is 16.0. The van der Waals surface area contributed by atoms with E-state index < -0.39 is 0 Å². The molecule has 15 heavy (non-hydrogen) atoms. The van der Waals surface area contributed by atoms with E-state index in [1.807, 2.05) is 17.8 Å². The monoisotopic (exact) mass is 221 g/mol. The third kappa shape index (κ3) is 1.97. The molecule has 4 nitrogen and oxygen atoms in total. The smallest absolute Gasteiger partial charge is 0.171 e. The minimum Gasteiger partial charge on any atom is -0.294 e. The molecule has 0 spiro atoms. The topological polar surface area (TPSA) is 47.8 Å². The van der Waals surface area contributed by atoms with Crippen LogP contribution in [-0.4, -0.2) is 20.5 Å². The van der Waals surface area contributed by atoms with Crippen LogP contribution in [0.1, 0.15) is 23.5 Å². The number of carbonyl (C=O) groups is 1. The van der Waals surface area contributed by atoms with E-state index in [-0.39, 0.29) is 5.78 Å². The van der Waals surface area contributed by atoms with Gasteiger partial charge in [-0.2, -0.15) is 5.10 Å². The fraction of sp³-hybridized carbons (Fsp3) is 0.300. The molecule has 0 bridgehead atoms. The van der Waals surface area contributed by atoms with Crippen LogP contribution in [0.3, 0.4) is 0 Å². The van der Waals surface area contributed by atoms with Gasteiger partial charge in [0.1, 0.15) is 5.01 Å². The zero-order valence-electron chi connectivity index (χ0n) is 8.60. The third-order valence-electron chi connectivity index (χ3n) is 2.06. The van der Waals surface area contributed by atoms with Crippen molar-refractivity contribution in [2.24, 2.45) is 0 Å². The van der Waals surface area contributed by atoms with E-state index in [4.69, 9.17) is 0 Å². The molecule has 2 rings (SSSR count). The average molecular weight is 221 g/mol. The number of nitrogens with zero attached hydrogens (tertiary/aromatic N) is 3. The summed E-state index contributed by atoms with van der Waals surface area (Å²) in [6.45, 7) is 4.41. The lowest BCUT2D eigenvalue weighted by atomic mass is 10.4. The van der Waals surface area contributed by atoms with Gasteiger partial charge >= 0.3 is 0 Å². The van der Waals surface area contributed by atoms with Crippen LogP contribution in [0, 0.1) is 0 Å². The fourth-order valence-electron chi connectivity index (χ4n) is 1.22. The Kier molecular flexibility index (Phi) is 2.64. The molecule has 78 valence electrons. The minimum atomic E-state index is 0.0571. The van der Waals surface area contributed by atoms with E-state index in [0.717, 1.165) is 17.1 Å². The van der Waals surface area contributed by atoms with Crippen LogP contribution in [0.4, 0.5) is 0 Å². The molecule has 2 aromatic heterocycles. The van der Waals surface area contributed by atoms with E-state index in [1.165, 1.54) is 11.3 Å². The molecular formula is C10H11N3OS. The van der Waals surface area contributed by atoms with Crippen LogP contribution in [0.2, 0.25) is 0 Å². The van der Waals surface area contributed by atoms with Crippen LogP contribution in [0.25, 0.3) is 10.6 Å². The summed E-state index contributed by atoms with van der Waals surface area (Å²) in [5.74, 6) is 0.0571. The zero-order valence-corrected chi connectivity index (χ0v) is 9.41. The zero-order chi connectivity index (χ0) is 10.8. The van der Waals surface area contributed by atoms with E-state index in [9.17, 15) is 4.79 Å². The number of ketones is 1. The summed E-state index contributed by atoms with van der Waals surface area (Å²) in [6, 6.07) is 0. The average Bonchev–Trinajstić information content (AvgIpc) is 2.86. The van der Waals surface area contributed by atoms with Crippen molar-refractivity contribution < 1.29 is 4.79 Å². The molecule has 0 N–H and O–H groups in total. The standard InChI is InChI=1S/C10H11N3OS/c1-3-13-6-8(4-12-13)10-11-5-9(15-10)7(2)14/h4-6H,3H2,1-2H3. The number of rotatable bonds is 3. The summed E-state index contributed by atoms with van der Waals surface area (Å²) in [5, 5.41) is 5.01. The molecule has 0 aliphatic heterocycles. The van der Waals surface area contributed by atoms with Crippen molar-refractivity contribution in [3.63, 3.8) is 0 Å². The minimum absolute atomic E-state index is 0.0571. The highest BCUT2D eigenvalue weighted by Crippen LogP contribution is 2.24. The normalized spacial score (nSPS) is 10.5. The maximum atomic E-state index is 11.1. The van der Waals surface area contributed by atoms with E-state index in [1.54, 1.807) is 19.3 Å². The SMILES string of the molecule is CCn1cc(-c2ncc(C(C)=O)s2)cn1. The second kappa shape index (κ2) is 3.94. The van der Waals surface area contributed by atoms with Crippen molar-refractivity contribution in [2.45, 2.75) is 20.4 Å². The van der Waals surface area contributed by atoms with Gasteiger partial charge in [0, 0.05) is 31.4 Å². The van der Waals surface area contributed by atoms with Crippen LogP contribution in [-0.2, 0) is 6.54 Å². The molecule has 0 saturated heterocycles. The molecule has 2 heterocycles. The van der Waals surface area contributed by atoms with E-state index in [2.05, 4.69) is 10.1 Å². The Morgan fingerprint density at radius 1 is 1.53 bits per heavy atom. The van der Waals surface area contributed by atoms with Crippen LogP contribution < -0.4 is 0 Å². The first-order valence-electron chi connectivity index (χ1n) is 4.70. The number of aryl methyl sites for hydroxylation is 1. The van der Waals surface area contributed by atoms with Crippen molar-refractivity contribution in [2.75, 3.05) is 0 Å². The van der Waals surface area contributed by atoms with Gasteiger partial charge in [-0.25, -0.2) is 4.98 Å². The first-order valence-corrected chi connectivity index (χ1v) is 5.52. The van der Waals surface area contributed by atoms with E-state index in [0.29, 0.717) is 4.88 Å². The Hall–Kier alpha value is -1.49. The fourth-order valence-corrected chi connectivity index (χ4v) is 2.00. The Morgan fingerprint density at radius 2 is 2.33 bits per heavy atom. The Bertz CT molecular complexity index is 486. The molecule has 0 radical (unpaired) electrons. The molecule has 0 atom stereocenters. The van der Waals surface area contributed by atoms with Gasteiger partial charge in [0.05, 0.1) is 11.1 Å².